The van der Waals surface area contributed by atoms with Gasteiger partial charge in [0.05, 0.1) is 11.1 Å². The van der Waals surface area contributed by atoms with Crippen LogP contribution in [0.3, 0.4) is 0 Å². The lowest BCUT2D eigenvalue weighted by Gasteiger charge is -2.07. The van der Waals surface area contributed by atoms with Crippen molar-refractivity contribution in [2.24, 2.45) is 0 Å². The molecule has 0 atom stereocenters. The predicted molar refractivity (Wildman–Crippen MR) is 64.4 cm³/mol. The SMILES string of the molecule is CCc1ccc(-c2ncco2)cc1S(C)(=O)=O. The van der Waals surface area contributed by atoms with E-state index >= 15 is 0 Å². The fraction of sp³-hybridized carbons (Fsp3) is 0.250. The first-order chi connectivity index (χ1) is 8.02. The standard InChI is InChI=1S/C12H13NO3S/c1-3-9-4-5-10(12-13-6-7-16-12)8-11(9)17(2,14)15/h4-8H,3H2,1-2H3. The van der Waals surface area contributed by atoms with Crippen molar-refractivity contribution in [1.82, 2.24) is 4.98 Å². The second-order valence-corrected chi connectivity index (χ2v) is 5.77. The lowest BCUT2D eigenvalue weighted by atomic mass is 10.1. The Morgan fingerprint density at radius 2 is 2.12 bits per heavy atom. The molecule has 0 aliphatic carbocycles. The van der Waals surface area contributed by atoms with Gasteiger partial charge in [-0.2, -0.15) is 0 Å². The van der Waals surface area contributed by atoms with E-state index in [1.165, 1.54) is 18.7 Å². The topological polar surface area (TPSA) is 60.2 Å². The van der Waals surface area contributed by atoms with Crippen molar-refractivity contribution in [2.45, 2.75) is 18.2 Å². The Morgan fingerprint density at radius 3 is 2.65 bits per heavy atom. The molecule has 90 valence electrons. The molecule has 0 spiro atoms. The Balaban J connectivity index is 2.61. The van der Waals surface area contributed by atoms with Crippen molar-refractivity contribution in [2.75, 3.05) is 6.26 Å². The molecule has 0 aliphatic rings. The predicted octanol–water partition coefficient (Wildman–Crippen LogP) is 2.31. The van der Waals surface area contributed by atoms with Crippen LogP contribution in [0.5, 0.6) is 0 Å². The molecule has 1 aromatic heterocycles. The van der Waals surface area contributed by atoms with Crippen LogP contribution in [-0.2, 0) is 16.3 Å². The summed E-state index contributed by atoms with van der Waals surface area (Å²) in [5.74, 6) is 0.428. The second kappa shape index (κ2) is 4.33. The van der Waals surface area contributed by atoms with Gasteiger partial charge in [0.15, 0.2) is 9.84 Å². The first-order valence-corrected chi connectivity index (χ1v) is 7.14. The number of hydrogen-bond donors (Lipinski definition) is 0. The molecule has 1 aromatic carbocycles. The Labute approximate surface area is 100 Å². The Morgan fingerprint density at radius 1 is 1.35 bits per heavy atom. The quantitative estimate of drug-likeness (QED) is 0.839. The van der Waals surface area contributed by atoms with E-state index in [1.54, 1.807) is 12.1 Å². The molecule has 5 heteroatoms. The first-order valence-electron chi connectivity index (χ1n) is 5.25. The van der Waals surface area contributed by atoms with Crippen LogP contribution >= 0.6 is 0 Å². The second-order valence-electron chi connectivity index (χ2n) is 3.79. The van der Waals surface area contributed by atoms with Gasteiger partial charge in [-0.3, -0.25) is 0 Å². The van der Waals surface area contributed by atoms with Gasteiger partial charge in [-0.05, 0) is 24.1 Å². The summed E-state index contributed by atoms with van der Waals surface area (Å²) >= 11 is 0. The third kappa shape index (κ3) is 2.39. The molecule has 2 rings (SSSR count). The molecule has 0 aliphatic heterocycles. The molecule has 0 bridgehead atoms. The summed E-state index contributed by atoms with van der Waals surface area (Å²) in [6, 6.07) is 5.23. The van der Waals surface area contributed by atoms with E-state index in [1.807, 2.05) is 13.0 Å². The van der Waals surface area contributed by atoms with Gasteiger partial charge in [0.1, 0.15) is 6.26 Å². The van der Waals surface area contributed by atoms with Crippen molar-refractivity contribution >= 4 is 9.84 Å². The Kier molecular flexibility index (Phi) is 3.02. The number of oxazole rings is 1. The van der Waals surface area contributed by atoms with E-state index in [2.05, 4.69) is 4.98 Å². The largest absolute Gasteiger partial charge is 0.445 e. The van der Waals surface area contributed by atoms with Crippen LogP contribution in [0.2, 0.25) is 0 Å². The normalized spacial score (nSPS) is 11.6. The van der Waals surface area contributed by atoms with Crippen LogP contribution in [0.25, 0.3) is 11.5 Å². The summed E-state index contributed by atoms with van der Waals surface area (Å²) in [7, 11) is -3.23. The lowest BCUT2D eigenvalue weighted by Crippen LogP contribution is -2.02. The molecule has 2 aromatic rings. The summed E-state index contributed by atoms with van der Waals surface area (Å²) in [5, 5.41) is 0. The zero-order valence-electron chi connectivity index (χ0n) is 9.67. The van der Waals surface area contributed by atoms with Gasteiger partial charge in [0.2, 0.25) is 5.89 Å². The number of aromatic nitrogens is 1. The fourth-order valence-corrected chi connectivity index (χ4v) is 2.72. The molecule has 0 saturated carbocycles. The van der Waals surface area contributed by atoms with E-state index < -0.39 is 9.84 Å². The Bertz CT molecular complexity index is 615. The van der Waals surface area contributed by atoms with E-state index in [4.69, 9.17) is 4.42 Å². The van der Waals surface area contributed by atoms with Gasteiger partial charge in [-0.15, -0.1) is 0 Å². The van der Waals surface area contributed by atoms with Crippen LogP contribution in [0.1, 0.15) is 12.5 Å². The third-order valence-corrected chi connectivity index (χ3v) is 3.71. The minimum atomic E-state index is -3.23. The van der Waals surface area contributed by atoms with E-state index in [0.29, 0.717) is 22.8 Å². The summed E-state index contributed by atoms with van der Waals surface area (Å²) in [6.45, 7) is 1.93. The maximum Gasteiger partial charge on any atom is 0.225 e. The molecule has 0 radical (unpaired) electrons. The van der Waals surface area contributed by atoms with Gasteiger partial charge in [-0.25, -0.2) is 13.4 Å². The highest BCUT2D eigenvalue weighted by molar-refractivity contribution is 7.90. The number of benzene rings is 1. The monoisotopic (exact) mass is 251 g/mol. The molecule has 0 unspecified atom stereocenters. The van der Waals surface area contributed by atoms with Crippen molar-refractivity contribution in [3.8, 4) is 11.5 Å². The molecule has 0 fully saturated rings. The van der Waals surface area contributed by atoms with Gasteiger partial charge in [0, 0.05) is 11.8 Å². The number of rotatable bonds is 3. The highest BCUT2D eigenvalue weighted by atomic mass is 32.2. The molecular weight excluding hydrogens is 238 g/mol. The zero-order chi connectivity index (χ0) is 12.5. The van der Waals surface area contributed by atoms with Gasteiger partial charge in [0.25, 0.3) is 0 Å². The summed E-state index contributed by atoms with van der Waals surface area (Å²) in [6.07, 6.45) is 4.88. The molecule has 0 saturated heterocycles. The van der Waals surface area contributed by atoms with E-state index in [-0.39, 0.29) is 0 Å². The molecular formula is C12H13NO3S. The minimum Gasteiger partial charge on any atom is -0.445 e. The van der Waals surface area contributed by atoms with Crippen LogP contribution < -0.4 is 0 Å². The van der Waals surface area contributed by atoms with Crippen molar-refractivity contribution in [3.63, 3.8) is 0 Å². The summed E-state index contributed by atoms with van der Waals surface area (Å²) in [5.41, 5.74) is 1.48. The van der Waals surface area contributed by atoms with Crippen LogP contribution in [0, 0.1) is 0 Å². The number of hydrogen-bond acceptors (Lipinski definition) is 4. The lowest BCUT2D eigenvalue weighted by molar-refractivity contribution is 0.574. The van der Waals surface area contributed by atoms with Crippen LogP contribution in [-0.4, -0.2) is 19.7 Å². The van der Waals surface area contributed by atoms with Crippen molar-refractivity contribution in [1.29, 1.82) is 0 Å². The van der Waals surface area contributed by atoms with Crippen molar-refractivity contribution in [3.05, 3.63) is 36.2 Å². The third-order valence-electron chi connectivity index (χ3n) is 2.53. The molecule has 4 nitrogen and oxygen atoms in total. The zero-order valence-corrected chi connectivity index (χ0v) is 10.5. The maximum absolute atomic E-state index is 11.7. The highest BCUT2D eigenvalue weighted by Crippen LogP contribution is 2.24. The fourth-order valence-electron chi connectivity index (χ4n) is 1.69. The van der Waals surface area contributed by atoms with E-state index in [0.717, 1.165) is 5.56 Å². The average molecular weight is 251 g/mol. The highest BCUT2D eigenvalue weighted by Gasteiger charge is 2.14. The molecule has 0 N–H and O–H groups in total. The number of nitrogens with zero attached hydrogens (tertiary/aromatic N) is 1. The minimum absolute atomic E-state index is 0.343. The Hall–Kier alpha value is -1.62. The number of sulfone groups is 1. The first kappa shape index (κ1) is 11.9. The molecule has 17 heavy (non-hydrogen) atoms. The maximum atomic E-state index is 11.7. The molecule has 1 heterocycles. The number of aryl methyl sites for hydroxylation is 1. The van der Waals surface area contributed by atoms with E-state index in [9.17, 15) is 8.42 Å². The van der Waals surface area contributed by atoms with Gasteiger partial charge < -0.3 is 4.42 Å². The molecule has 0 amide bonds. The van der Waals surface area contributed by atoms with Crippen LogP contribution in [0.4, 0.5) is 0 Å². The van der Waals surface area contributed by atoms with Crippen molar-refractivity contribution < 1.29 is 12.8 Å². The van der Waals surface area contributed by atoms with Crippen LogP contribution in [0.15, 0.2) is 40.0 Å². The summed E-state index contributed by atoms with van der Waals surface area (Å²) < 4.78 is 28.5. The van der Waals surface area contributed by atoms with Gasteiger partial charge in [-0.1, -0.05) is 13.0 Å². The smallest absolute Gasteiger partial charge is 0.225 e. The average Bonchev–Trinajstić information content (AvgIpc) is 2.80. The summed E-state index contributed by atoms with van der Waals surface area (Å²) in [4.78, 5) is 4.35. The van der Waals surface area contributed by atoms with Gasteiger partial charge >= 0.3 is 0 Å².